The van der Waals surface area contributed by atoms with E-state index in [1.807, 2.05) is 30.3 Å². The monoisotopic (exact) mass is 145 g/mol. The van der Waals surface area contributed by atoms with Crippen LogP contribution < -0.4 is 5.73 Å². The minimum absolute atomic E-state index is 0.155. The highest BCUT2D eigenvalue weighted by Gasteiger charge is 1.97. The Bertz CT molecular complexity index is 245. The van der Waals surface area contributed by atoms with Crippen molar-refractivity contribution in [3.63, 3.8) is 0 Å². The zero-order valence-corrected chi connectivity index (χ0v) is 6.33. The number of nitrogens with two attached hydrogens (primary N) is 1. The van der Waals surface area contributed by atoms with Gasteiger partial charge in [0.05, 0.1) is 6.04 Å². The van der Waals surface area contributed by atoms with Crippen LogP contribution in [0.3, 0.4) is 0 Å². The summed E-state index contributed by atoms with van der Waals surface area (Å²) >= 11 is 0. The molecule has 11 heavy (non-hydrogen) atoms. The quantitative estimate of drug-likeness (QED) is 0.621. The Kier molecular flexibility index (Phi) is 2.71. The zero-order chi connectivity index (χ0) is 8.10. The molecule has 0 aliphatic rings. The fourth-order valence-electron chi connectivity index (χ4n) is 0.927. The Hall–Kier alpha value is -1.26. The summed E-state index contributed by atoms with van der Waals surface area (Å²) < 4.78 is 0. The normalized spacial score (nSPS) is 12.0. The molecule has 0 fully saturated rings. The average Bonchev–Trinajstić information content (AvgIpc) is 2.06. The van der Waals surface area contributed by atoms with Gasteiger partial charge in [-0.25, -0.2) is 0 Å². The van der Waals surface area contributed by atoms with E-state index in [-0.39, 0.29) is 6.04 Å². The second-order valence-corrected chi connectivity index (χ2v) is 2.46. The van der Waals surface area contributed by atoms with E-state index in [0.717, 1.165) is 6.42 Å². The lowest BCUT2D eigenvalue weighted by atomic mass is 10.1. The number of hydrogen-bond acceptors (Lipinski definition) is 1. The Morgan fingerprint density at radius 2 is 2.00 bits per heavy atom. The molecule has 0 aliphatic heterocycles. The van der Waals surface area contributed by atoms with Crippen LogP contribution in [-0.4, -0.2) is 6.04 Å². The third-order valence-electron chi connectivity index (χ3n) is 1.51. The molecule has 0 unspecified atom stereocenters. The largest absolute Gasteiger partial charge is 0.317 e. The minimum atomic E-state index is -0.155. The van der Waals surface area contributed by atoms with Crippen molar-refractivity contribution in [2.45, 2.75) is 12.5 Å². The first-order chi connectivity index (χ1) is 5.33. The topological polar surface area (TPSA) is 26.0 Å². The van der Waals surface area contributed by atoms with Gasteiger partial charge in [-0.15, -0.1) is 6.42 Å². The van der Waals surface area contributed by atoms with E-state index in [9.17, 15) is 0 Å². The highest BCUT2D eigenvalue weighted by molar-refractivity contribution is 5.18. The van der Waals surface area contributed by atoms with Gasteiger partial charge in [-0.2, -0.15) is 0 Å². The van der Waals surface area contributed by atoms with Crippen molar-refractivity contribution in [1.29, 1.82) is 0 Å². The molecule has 56 valence electrons. The van der Waals surface area contributed by atoms with Crippen molar-refractivity contribution in [2.24, 2.45) is 5.73 Å². The van der Waals surface area contributed by atoms with Crippen LogP contribution in [0.2, 0.25) is 0 Å². The van der Waals surface area contributed by atoms with E-state index < -0.39 is 0 Å². The van der Waals surface area contributed by atoms with Crippen molar-refractivity contribution in [3.05, 3.63) is 35.9 Å². The summed E-state index contributed by atoms with van der Waals surface area (Å²) in [5, 5.41) is 0. The molecule has 0 aliphatic carbocycles. The lowest BCUT2D eigenvalue weighted by Gasteiger charge is -2.02. The lowest BCUT2D eigenvalue weighted by Crippen LogP contribution is -2.19. The Morgan fingerprint density at radius 1 is 1.36 bits per heavy atom. The smallest absolute Gasteiger partial charge is 0.0702 e. The summed E-state index contributed by atoms with van der Waals surface area (Å²) in [5.74, 6) is 2.49. The number of hydrogen-bond donors (Lipinski definition) is 1. The van der Waals surface area contributed by atoms with Crippen LogP contribution in [0, 0.1) is 12.3 Å². The summed E-state index contributed by atoms with van der Waals surface area (Å²) in [6, 6.07) is 9.84. The van der Waals surface area contributed by atoms with Gasteiger partial charge in [-0.05, 0) is 12.0 Å². The van der Waals surface area contributed by atoms with E-state index >= 15 is 0 Å². The van der Waals surface area contributed by atoms with Gasteiger partial charge in [0.15, 0.2) is 0 Å². The van der Waals surface area contributed by atoms with Crippen LogP contribution in [0.1, 0.15) is 5.56 Å². The molecule has 0 amide bonds. The lowest BCUT2D eigenvalue weighted by molar-refractivity contribution is 0.836. The van der Waals surface area contributed by atoms with Gasteiger partial charge in [-0.1, -0.05) is 36.3 Å². The van der Waals surface area contributed by atoms with Crippen molar-refractivity contribution >= 4 is 0 Å². The third kappa shape index (κ3) is 2.45. The Morgan fingerprint density at radius 3 is 2.55 bits per heavy atom. The highest BCUT2D eigenvalue weighted by atomic mass is 14.6. The first-order valence-electron chi connectivity index (χ1n) is 3.58. The summed E-state index contributed by atoms with van der Waals surface area (Å²) in [6.45, 7) is 0. The number of rotatable bonds is 2. The predicted octanol–water partition coefficient (Wildman–Crippen LogP) is 1.19. The van der Waals surface area contributed by atoms with Gasteiger partial charge in [0.25, 0.3) is 0 Å². The molecule has 1 aromatic rings. The van der Waals surface area contributed by atoms with Crippen LogP contribution >= 0.6 is 0 Å². The third-order valence-corrected chi connectivity index (χ3v) is 1.51. The van der Waals surface area contributed by atoms with Crippen LogP contribution in [0.15, 0.2) is 30.3 Å². The molecule has 0 aromatic heterocycles. The van der Waals surface area contributed by atoms with Crippen LogP contribution in [0.25, 0.3) is 0 Å². The van der Waals surface area contributed by atoms with Gasteiger partial charge in [-0.3, -0.25) is 0 Å². The zero-order valence-electron chi connectivity index (χ0n) is 6.33. The molecule has 0 spiro atoms. The predicted molar refractivity (Wildman–Crippen MR) is 47.0 cm³/mol. The second-order valence-electron chi connectivity index (χ2n) is 2.46. The summed E-state index contributed by atoms with van der Waals surface area (Å²) in [7, 11) is 0. The molecule has 1 nitrogen and oxygen atoms in total. The first kappa shape index (κ1) is 7.84. The average molecular weight is 145 g/mol. The van der Waals surface area contributed by atoms with E-state index in [0.29, 0.717) is 0 Å². The summed E-state index contributed by atoms with van der Waals surface area (Å²) in [5.41, 5.74) is 6.76. The molecule has 2 N–H and O–H groups in total. The molecule has 1 aromatic carbocycles. The molecule has 0 radical (unpaired) electrons. The minimum Gasteiger partial charge on any atom is -0.317 e. The van der Waals surface area contributed by atoms with Crippen LogP contribution in [-0.2, 0) is 6.42 Å². The molecule has 1 atom stereocenters. The molecule has 0 heterocycles. The van der Waals surface area contributed by atoms with E-state index in [1.165, 1.54) is 5.56 Å². The molecule has 1 heteroatoms. The molecular weight excluding hydrogens is 134 g/mol. The number of benzene rings is 1. The number of terminal acetylenes is 1. The van der Waals surface area contributed by atoms with Crippen LogP contribution in [0.5, 0.6) is 0 Å². The van der Waals surface area contributed by atoms with E-state index in [4.69, 9.17) is 12.2 Å². The Balaban J connectivity index is 2.60. The standard InChI is InChI=1S/C10H11N/c1-2-10(11)8-9-6-4-3-5-7-9/h1,3-7,10H,8,11H2/t10-/m0/s1. The van der Waals surface area contributed by atoms with Crippen LogP contribution in [0.4, 0.5) is 0 Å². The van der Waals surface area contributed by atoms with Crippen molar-refractivity contribution < 1.29 is 0 Å². The molecule has 1 rings (SSSR count). The van der Waals surface area contributed by atoms with Gasteiger partial charge in [0, 0.05) is 0 Å². The molecule has 0 bridgehead atoms. The van der Waals surface area contributed by atoms with Crippen molar-refractivity contribution in [3.8, 4) is 12.3 Å². The summed E-state index contributed by atoms with van der Waals surface area (Å²) in [6.07, 6.45) is 5.91. The molecule has 0 saturated heterocycles. The second kappa shape index (κ2) is 3.80. The van der Waals surface area contributed by atoms with Gasteiger partial charge in [0.2, 0.25) is 0 Å². The van der Waals surface area contributed by atoms with E-state index in [2.05, 4.69) is 5.92 Å². The fourth-order valence-corrected chi connectivity index (χ4v) is 0.927. The first-order valence-corrected chi connectivity index (χ1v) is 3.58. The van der Waals surface area contributed by atoms with Gasteiger partial charge in [0.1, 0.15) is 0 Å². The SMILES string of the molecule is C#C[C@H](N)Cc1ccccc1. The maximum absolute atomic E-state index is 5.57. The van der Waals surface area contributed by atoms with Gasteiger partial charge < -0.3 is 5.73 Å². The molecule has 0 saturated carbocycles. The van der Waals surface area contributed by atoms with Gasteiger partial charge >= 0.3 is 0 Å². The maximum atomic E-state index is 5.57. The fraction of sp³-hybridized carbons (Fsp3) is 0.200. The van der Waals surface area contributed by atoms with Crippen molar-refractivity contribution in [1.82, 2.24) is 0 Å². The highest BCUT2D eigenvalue weighted by Crippen LogP contribution is 2.00. The Labute approximate surface area is 67.2 Å². The maximum Gasteiger partial charge on any atom is 0.0702 e. The summed E-state index contributed by atoms with van der Waals surface area (Å²) in [4.78, 5) is 0. The van der Waals surface area contributed by atoms with E-state index in [1.54, 1.807) is 0 Å². The molecular formula is C10H11N. The van der Waals surface area contributed by atoms with Crippen molar-refractivity contribution in [2.75, 3.05) is 0 Å².